The highest BCUT2D eigenvalue weighted by Crippen LogP contribution is 2.30. The highest BCUT2D eigenvalue weighted by atomic mass is 16.5. The number of carbonyl (C=O) groups excluding carboxylic acids is 1. The Morgan fingerprint density at radius 3 is 2.57 bits per heavy atom. The maximum absolute atomic E-state index is 11.0. The number of rotatable bonds is 7. The van der Waals surface area contributed by atoms with E-state index < -0.39 is 0 Å². The Hall–Kier alpha value is -2.55. The molecule has 0 fully saturated rings. The van der Waals surface area contributed by atoms with Gasteiger partial charge in [-0.25, -0.2) is 0 Å². The fourth-order valence-corrected chi connectivity index (χ4v) is 2.16. The fraction of sp³-hybridized carbons (Fsp3) is 0.250. The van der Waals surface area contributed by atoms with Crippen LogP contribution >= 0.6 is 0 Å². The van der Waals surface area contributed by atoms with Gasteiger partial charge < -0.3 is 9.47 Å². The molecule has 120 valence electrons. The molecule has 0 unspecified atom stereocenters. The first-order valence-corrected chi connectivity index (χ1v) is 7.73. The van der Waals surface area contributed by atoms with E-state index in [1.54, 1.807) is 12.2 Å². The summed E-state index contributed by atoms with van der Waals surface area (Å²) in [6, 6.07) is 13.8. The van der Waals surface area contributed by atoms with Crippen molar-refractivity contribution in [1.29, 1.82) is 0 Å². The Bertz CT molecular complexity index is 702. The number of ketones is 1. The van der Waals surface area contributed by atoms with Crippen LogP contribution in [-0.2, 0) is 11.4 Å². The monoisotopic (exact) mass is 310 g/mol. The summed E-state index contributed by atoms with van der Waals surface area (Å²) >= 11 is 0. The second kappa shape index (κ2) is 8.18. The van der Waals surface area contributed by atoms with Gasteiger partial charge in [-0.05, 0) is 55.7 Å². The number of ether oxygens (including phenoxy) is 2. The molecule has 3 nitrogen and oxygen atoms in total. The van der Waals surface area contributed by atoms with Crippen LogP contribution in [-0.4, -0.2) is 12.4 Å². The van der Waals surface area contributed by atoms with Gasteiger partial charge in [-0.2, -0.15) is 0 Å². The van der Waals surface area contributed by atoms with E-state index in [1.165, 1.54) is 12.5 Å². The summed E-state index contributed by atoms with van der Waals surface area (Å²) in [4.78, 5) is 11.0. The molecule has 0 saturated heterocycles. The second-order valence-corrected chi connectivity index (χ2v) is 5.30. The van der Waals surface area contributed by atoms with Gasteiger partial charge >= 0.3 is 0 Å². The summed E-state index contributed by atoms with van der Waals surface area (Å²) in [6.07, 6.45) is 3.31. The van der Waals surface area contributed by atoms with Gasteiger partial charge in [0.15, 0.2) is 17.3 Å². The third kappa shape index (κ3) is 4.99. The minimum atomic E-state index is 0.0165. The van der Waals surface area contributed by atoms with Crippen molar-refractivity contribution in [3.63, 3.8) is 0 Å². The maximum atomic E-state index is 11.0. The molecule has 3 heteroatoms. The van der Waals surface area contributed by atoms with Gasteiger partial charge in [0.25, 0.3) is 0 Å². The van der Waals surface area contributed by atoms with Crippen molar-refractivity contribution >= 4 is 11.9 Å². The molecule has 2 rings (SSSR count). The number of carbonyl (C=O) groups is 1. The minimum Gasteiger partial charge on any atom is -0.490 e. The summed E-state index contributed by atoms with van der Waals surface area (Å²) in [5, 5.41) is 0. The molecule has 0 atom stereocenters. The average Bonchev–Trinajstić information content (AvgIpc) is 2.53. The van der Waals surface area contributed by atoms with Crippen LogP contribution in [0.5, 0.6) is 11.5 Å². The molecule has 0 N–H and O–H groups in total. The summed E-state index contributed by atoms with van der Waals surface area (Å²) in [5.41, 5.74) is 3.26. The summed E-state index contributed by atoms with van der Waals surface area (Å²) < 4.78 is 11.6. The minimum absolute atomic E-state index is 0.0165. The molecular formula is C20H22O3. The summed E-state index contributed by atoms with van der Waals surface area (Å²) in [7, 11) is 0. The van der Waals surface area contributed by atoms with Crippen molar-refractivity contribution in [1.82, 2.24) is 0 Å². The van der Waals surface area contributed by atoms with Gasteiger partial charge in [0.1, 0.15) is 6.61 Å². The maximum Gasteiger partial charge on any atom is 0.161 e. The Labute approximate surface area is 137 Å². The van der Waals surface area contributed by atoms with Crippen molar-refractivity contribution < 1.29 is 14.3 Å². The van der Waals surface area contributed by atoms with E-state index in [4.69, 9.17) is 9.47 Å². The first-order chi connectivity index (χ1) is 11.1. The molecule has 2 aromatic rings. The Kier molecular flexibility index (Phi) is 5.98. The van der Waals surface area contributed by atoms with Gasteiger partial charge in [0.05, 0.1) is 6.61 Å². The van der Waals surface area contributed by atoms with Crippen LogP contribution in [0, 0.1) is 6.92 Å². The van der Waals surface area contributed by atoms with Gasteiger partial charge in [-0.1, -0.05) is 36.4 Å². The van der Waals surface area contributed by atoms with Crippen LogP contribution in [0.15, 0.2) is 48.5 Å². The molecule has 0 aliphatic carbocycles. The molecule has 0 aliphatic heterocycles. The quantitative estimate of drug-likeness (QED) is 0.702. The highest BCUT2D eigenvalue weighted by molar-refractivity contribution is 5.91. The smallest absolute Gasteiger partial charge is 0.161 e. The van der Waals surface area contributed by atoms with Gasteiger partial charge in [-0.15, -0.1) is 0 Å². The molecular weight excluding hydrogens is 288 g/mol. The molecule has 0 saturated carbocycles. The summed E-state index contributed by atoms with van der Waals surface area (Å²) in [6.45, 7) is 6.58. The van der Waals surface area contributed by atoms with Crippen LogP contribution in [0.25, 0.3) is 6.08 Å². The van der Waals surface area contributed by atoms with E-state index in [9.17, 15) is 4.79 Å². The predicted octanol–water partition coefficient (Wildman–Crippen LogP) is 4.57. The first kappa shape index (κ1) is 16.8. The van der Waals surface area contributed by atoms with Gasteiger partial charge in [0.2, 0.25) is 0 Å². The van der Waals surface area contributed by atoms with Crippen molar-refractivity contribution in [2.24, 2.45) is 0 Å². The average molecular weight is 310 g/mol. The van der Waals surface area contributed by atoms with Crippen LogP contribution in [0.3, 0.4) is 0 Å². The Morgan fingerprint density at radius 2 is 1.87 bits per heavy atom. The van der Waals surface area contributed by atoms with Crippen LogP contribution in [0.4, 0.5) is 0 Å². The third-order valence-electron chi connectivity index (χ3n) is 3.42. The van der Waals surface area contributed by atoms with Crippen LogP contribution < -0.4 is 9.47 Å². The molecule has 0 spiro atoms. The van der Waals surface area contributed by atoms with E-state index in [0.717, 1.165) is 11.1 Å². The van der Waals surface area contributed by atoms with E-state index in [-0.39, 0.29) is 5.78 Å². The Balaban J connectivity index is 2.17. The molecule has 23 heavy (non-hydrogen) atoms. The van der Waals surface area contributed by atoms with Crippen molar-refractivity contribution in [3.8, 4) is 11.5 Å². The predicted molar refractivity (Wildman–Crippen MR) is 92.8 cm³/mol. The molecule has 0 aromatic heterocycles. The number of allylic oxidation sites excluding steroid dienone is 1. The lowest BCUT2D eigenvalue weighted by molar-refractivity contribution is -0.112. The lowest BCUT2D eigenvalue weighted by Gasteiger charge is -2.13. The number of benzene rings is 2. The molecule has 0 aliphatic rings. The third-order valence-corrected chi connectivity index (χ3v) is 3.42. The van der Waals surface area contributed by atoms with Gasteiger partial charge in [-0.3, -0.25) is 4.79 Å². The Morgan fingerprint density at radius 1 is 1.09 bits per heavy atom. The highest BCUT2D eigenvalue weighted by Gasteiger charge is 2.07. The van der Waals surface area contributed by atoms with Crippen molar-refractivity contribution in [3.05, 3.63) is 65.2 Å². The van der Waals surface area contributed by atoms with Crippen LogP contribution in [0.1, 0.15) is 30.5 Å². The molecule has 0 bridgehead atoms. The lowest BCUT2D eigenvalue weighted by Crippen LogP contribution is -2.01. The van der Waals surface area contributed by atoms with E-state index >= 15 is 0 Å². The molecule has 2 aromatic carbocycles. The SMILES string of the molecule is CCOc1cc(/C=C/C(C)=O)ccc1OCc1ccccc1C. The molecule has 0 amide bonds. The molecule has 0 radical (unpaired) electrons. The normalized spacial score (nSPS) is 10.7. The van der Waals surface area contributed by atoms with E-state index in [2.05, 4.69) is 19.1 Å². The van der Waals surface area contributed by atoms with E-state index in [1.807, 2.05) is 37.3 Å². The fourth-order valence-electron chi connectivity index (χ4n) is 2.16. The van der Waals surface area contributed by atoms with E-state index in [0.29, 0.717) is 24.7 Å². The number of hydrogen-bond acceptors (Lipinski definition) is 3. The topological polar surface area (TPSA) is 35.5 Å². The zero-order chi connectivity index (χ0) is 16.7. The lowest BCUT2D eigenvalue weighted by atomic mass is 10.1. The second-order valence-electron chi connectivity index (χ2n) is 5.30. The zero-order valence-electron chi connectivity index (χ0n) is 13.8. The molecule has 0 heterocycles. The first-order valence-electron chi connectivity index (χ1n) is 7.73. The number of hydrogen-bond donors (Lipinski definition) is 0. The van der Waals surface area contributed by atoms with Gasteiger partial charge in [0, 0.05) is 0 Å². The standard InChI is InChI=1S/C20H22O3/c1-4-22-20-13-17(10-9-16(3)21)11-12-19(20)23-14-18-8-6-5-7-15(18)2/h5-13H,4,14H2,1-3H3/b10-9+. The summed E-state index contributed by atoms with van der Waals surface area (Å²) in [5.74, 6) is 1.41. The van der Waals surface area contributed by atoms with Crippen LogP contribution in [0.2, 0.25) is 0 Å². The number of aryl methyl sites for hydroxylation is 1. The van der Waals surface area contributed by atoms with Crippen molar-refractivity contribution in [2.45, 2.75) is 27.4 Å². The van der Waals surface area contributed by atoms with Crippen molar-refractivity contribution in [2.75, 3.05) is 6.61 Å². The largest absolute Gasteiger partial charge is 0.490 e. The zero-order valence-corrected chi connectivity index (χ0v) is 13.8.